The summed E-state index contributed by atoms with van der Waals surface area (Å²) in [5.41, 5.74) is 1.83. The molecule has 1 aliphatic rings. The summed E-state index contributed by atoms with van der Waals surface area (Å²) in [5, 5.41) is 0. The fraction of sp³-hybridized carbons (Fsp3) is 0.276. The topological polar surface area (TPSA) is 97.6 Å². The van der Waals surface area contributed by atoms with Crippen LogP contribution in [0.1, 0.15) is 31.0 Å². The number of nitrogens with zero attached hydrogens (tertiary/aromatic N) is 2. The van der Waals surface area contributed by atoms with Crippen LogP contribution in [0.5, 0.6) is 23.0 Å². The smallest absolute Gasteiger partial charge is 0.338 e. The Morgan fingerprint density at radius 1 is 1.08 bits per heavy atom. The SMILES string of the molecule is C=CCOc1ccc([C@@H]2C(C(=O)OCC)=C(C)N=c3s/c(=C\c4cc(OC)c(OC)cc4OC)c(=O)n32)cc1. The van der Waals surface area contributed by atoms with Gasteiger partial charge in [-0.1, -0.05) is 36.1 Å². The van der Waals surface area contributed by atoms with E-state index in [1.807, 2.05) is 12.1 Å². The maximum absolute atomic E-state index is 13.9. The number of methoxy groups -OCH3 is 3. The standard InChI is InChI=1S/C29H30N2O7S/c1-7-13-38-20-11-9-18(10-12-20)26-25(28(33)37-8-2)17(3)30-29-31(26)27(32)24(39-29)15-19-14-22(35-5)23(36-6)16-21(19)34-4/h7,9-12,14-16,26H,1,8,13H2,2-6H3/b24-15-/t26-/m1/s1. The summed E-state index contributed by atoms with van der Waals surface area (Å²) in [6.45, 7) is 7.70. The Balaban J connectivity index is 1.92. The molecule has 0 saturated carbocycles. The maximum Gasteiger partial charge on any atom is 0.338 e. The average Bonchev–Trinajstić information content (AvgIpc) is 3.25. The lowest BCUT2D eigenvalue weighted by Gasteiger charge is -2.24. The minimum Gasteiger partial charge on any atom is -0.496 e. The molecule has 1 atom stereocenters. The second-order valence-electron chi connectivity index (χ2n) is 8.42. The summed E-state index contributed by atoms with van der Waals surface area (Å²) in [5.74, 6) is 1.63. The Morgan fingerprint density at radius 2 is 1.74 bits per heavy atom. The zero-order chi connectivity index (χ0) is 28.1. The van der Waals surface area contributed by atoms with Gasteiger partial charge in [0, 0.05) is 11.6 Å². The van der Waals surface area contributed by atoms with Crippen LogP contribution in [0.25, 0.3) is 6.08 Å². The molecule has 9 nitrogen and oxygen atoms in total. The van der Waals surface area contributed by atoms with Crippen molar-refractivity contribution in [3.8, 4) is 23.0 Å². The number of thiazole rings is 1. The predicted octanol–water partition coefficient (Wildman–Crippen LogP) is 3.39. The molecule has 2 aromatic carbocycles. The van der Waals surface area contributed by atoms with Gasteiger partial charge >= 0.3 is 5.97 Å². The summed E-state index contributed by atoms with van der Waals surface area (Å²) >= 11 is 1.22. The lowest BCUT2D eigenvalue weighted by molar-refractivity contribution is -0.139. The molecule has 1 aromatic heterocycles. The van der Waals surface area contributed by atoms with Crippen molar-refractivity contribution < 1.29 is 28.5 Å². The third kappa shape index (κ3) is 5.46. The molecule has 0 unspecified atom stereocenters. The number of carbonyl (C=O) groups excluding carboxylic acids is 1. The molecule has 10 heteroatoms. The highest BCUT2D eigenvalue weighted by molar-refractivity contribution is 7.07. The highest BCUT2D eigenvalue weighted by atomic mass is 32.1. The van der Waals surface area contributed by atoms with Gasteiger partial charge in [-0.3, -0.25) is 9.36 Å². The Bertz CT molecular complexity index is 1600. The molecule has 0 N–H and O–H groups in total. The van der Waals surface area contributed by atoms with Gasteiger partial charge in [-0.2, -0.15) is 0 Å². The lowest BCUT2D eigenvalue weighted by atomic mass is 9.96. The van der Waals surface area contributed by atoms with Crippen LogP contribution in [0.3, 0.4) is 0 Å². The van der Waals surface area contributed by atoms with E-state index in [2.05, 4.69) is 11.6 Å². The summed E-state index contributed by atoms with van der Waals surface area (Å²) in [6, 6.07) is 9.95. The first-order valence-electron chi connectivity index (χ1n) is 12.2. The molecule has 39 heavy (non-hydrogen) atoms. The van der Waals surface area contributed by atoms with E-state index in [-0.39, 0.29) is 12.2 Å². The molecule has 0 amide bonds. The third-order valence-corrected chi connectivity index (χ3v) is 7.09. The van der Waals surface area contributed by atoms with Crippen LogP contribution < -0.4 is 33.8 Å². The van der Waals surface area contributed by atoms with E-state index in [4.69, 9.17) is 23.7 Å². The zero-order valence-electron chi connectivity index (χ0n) is 22.5. The van der Waals surface area contributed by atoms with Gasteiger partial charge in [0.05, 0.1) is 49.8 Å². The minimum absolute atomic E-state index is 0.195. The molecule has 3 aromatic rings. The third-order valence-electron chi connectivity index (χ3n) is 6.10. The number of hydrogen-bond acceptors (Lipinski definition) is 9. The van der Waals surface area contributed by atoms with Crippen molar-refractivity contribution in [1.29, 1.82) is 0 Å². The molecular weight excluding hydrogens is 520 g/mol. The first-order valence-corrected chi connectivity index (χ1v) is 13.0. The van der Waals surface area contributed by atoms with Gasteiger partial charge in [-0.05, 0) is 43.7 Å². The molecule has 0 radical (unpaired) electrons. The quantitative estimate of drug-likeness (QED) is 0.282. The average molecular weight is 551 g/mol. The maximum atomic E-state index is 13.9. The fourth-order valence-electron chi connectivity index (χ4n) is 4.32. The van der Waals surface area contributed by atoms with Crippen molar-refractivity contribution in [3.63, 3.8) is 0 Å². The van der Waals surface area contributed by atoms with E-state index in [1.54, 1.807) is 50.3 Å². The van der Waals surface area contributed by atoms with Crippen LogP contribution in [0.2, 0.25) is 0 Å². The van der Waals surface area contributed by atoms with Crippen LogP contribution in [0.15, 0.2) is 70.1 Å². The van der Waals surface area contributed by atoms with Crippen LogP contribution in [-0.4, -0.2) is 45.1 Å². The number of ether oxygens (including phenoxy) is 5. The second kappa shape index (κ2) is 12.0. The largest absolute Gasteiger partial charge is 0.496 e. The number of benzene rings is 2. The number of allylic oxidation sites excluding steroid dienone is 1. The van der Waals surface area contributed by atoms with Gasteiger partial charge in [0.25, 0.3) is 5.56 Å². The van der Waals surface area contributed by atoms with Crippen LogP contribution in [-0.2, 0) is 9.53 Å². The lowest BCUT2D eigenvalue weighted by Crippen LogP contribution is -2.39. The first-order chi connectivity index (χ1) is 18.9. The van der Waals surface area contributed by atoms with E-state index in [9.17, 15) is 9.59 Å². The zero-order valence-corrected chi connectivity index (χ0v) is 23.3. The Morgan fingerprint density at radius 3 is 2.36 bits per heavy atom. The summed E-state index contributed by atoms with van der Waals surface area (Å²) < 4.78 is 29.3. The second-order valence-corrected chi connectivity index (χ2v) is 9.43. The minimum atomic E-state index is -0.733. The molecule has 0 fully saturated rings. The number of esters is 1. The molecule has 4 rings (SSSR count). The summed E-state index contributed by atoms with van der Waals surface area (Å²) in [6.07, 6.45) is 3.38. The van der Waals surface area contributed by atoms with Gasteiger partial charge in [0.1, 0.15) is 18.1 Å². The highest BCUT2D eigenvalue weighted by Gasteiger charge is 2.33. The number of hydrogen-bond donors (Lipinski definition) is 0. The molecule has 0 saturated heterocycles. The van der Waals surface area contributed by atoms with E-state index >= 15 is 0 Å². The highest BCUT2D eigenvalue weighted by Crippen LogP contribution is 2.35. The molecular formula is C29H30N2O7S. The predicted molar refractivity (Wildman–Crippen MR) is 149 cm³/mol. The van der Waals surface area contributed by atoms with Crippen molar-refractivity contribution in [2.75, 3.05) is 34.5 Å². The first kappa shape index (κ1) is 27.7. The van der Waals surface area contributed by atoms with Crippen molar-refractivity contribution in [2.45, 2.75) is 19.9 Å². The fourth-order valence-corrected chi connectivity index (χ4v) is 5.35. The summed E-state index contributed by atoms with van der Waals surface area (Å²) in [7, 11) is 4.61. The molecule has 0 spiro atoms. The van der Waals surface area contributed by atoms with Gasteiger partial charge < -0.3 is 23.7 Å². The van der Waals surface area contributed by atoms with Crippen LogP contribution in [0.4, 0.5) is 0 Å². The number of aromatic nitrogens is 1. The normalized spacial score (nSPS) is 14.8. The van der Waals surface area contributed by atoms with Crippen molar-refractivity contribution in [1.82, 2.24) is 4.57 Å². The van der Waals surface area contributed by atoms with E-state index in [0.717, 1.165) is 5.56 Å². The van der Waals surface area contributed by atoms with Crippen LogP contribution >= 0.6 is 11.3 Å². The van der Waals surface area contributed by atoms with Gasteiger partial charge in [-0.25, -0.2) is 9.79 Å². The van der Waals surface area contributed by atoms with Gasteiger partial charge in [0.2, 0.25) is 0 Å². The van der Waals surface area contributed by atoms with Crippen molar-refractivity contribution >= 4 is 23.4 Å². The van der Waals surface area contributed by atoms with Gasteiger partial charge in [0.15, 0.2) is 16.3 Å². The van der Waals surface area contributed by atoms with Crippen molar-refractivity contribution in [3.05, 3.63) is 91.1 Å². The van der Waals surface area contributed by atoms with E-state index in [1.165, 1.54) is 37.2 Å². The molecule has 204 valence electrons. The number of fused-ring (bicyclic) bond motifs is 1. The Kier molecular flexibility index (Phi) is 8.55. The van der Waals surface area contributed by atoms with Crippen LogP contribution in [0, 0.1) is 0 Å². The monoisotopic (exact) mass is 550 g/mol. The molecule has 0 bridgehead atoms. The number of rotatable bonds is 10. The van der Waals surface area contributed by atoms with E-state index < -0.39 is 12.0 Å². The Labute approximate surface area is 229 Å². The van der Waals surface area contributed by atoms with E-state index in [0.29, 0.717) is 55.8 Å². The summed E-state index contributed by atoms with van der Waals surface area (Å²) in [4.78, 5) is 32.1. The molecule has 1 aliphatic heterocycles. The molecule has 0 aliphatic carbocycles. The Hall–Kier alpha value is -4.31. The molecule has 2 heterocycles. The van der Waals surface area contributed by atoms with Crippen molar-refractivity contribution in [2.24, 2.45) is 4.99 Å². The van der Waals surface area contributed by atoms with Gasteiger partial charge in [-0.15, -0.1) is 0 Å². The number of carbonyl (C=O) groups is 1.